The van der Waals surface area contributed by atoms with Crippen LogP contribution in [0.25, 0.3) is 0 Å². The van der Waals surface area contributed by atoms with Gasteiger partial charge in [-0.1, -0.05) is 67.6 Å². The van der Waals surface area contributed by atoms with Crippen molar-refractivity contribution in [2.45, 2.75) is 32.2 Å². The monoisotopic (exact) mass is 416 g/mol. The number of urea groups is 1. The third kappa shape index (κ3) is 4.42. The molecule has 0 aromatic heterocycles. The molecule has 4 rings (SSSR count). The van der Waals surface area contributed by atoms with Crippen molar-refractivity contribution >= 4 is 11.7 Å². The number of anilines is 1. The van der Waals surface area contributed by atoms with Crippen molar-refractivity contribution in [1.29, 1.82) is 0 Å². The quantitative estimate of drug-likeness (QED) is 0.478. The fourth-order valence-corrected chi connectivity index (χ4v) is 4.00. The molecule has 1 fully saturated rings. The Hall–Kier alpha value is -3.31. The number of nitrogens with zero attached hydrogens (tertiary/aromatic N) is 2. The Morgan fingerprint density at radius 1 is 0.871 bits per heavy atom. The third-order valence-electron chi connectivity index (χ3n) is 5.49. The second kappa shape index (κ2) is 9.67. The number of hydrogen-bond acceptors (Lipinski definition) is 3. The molecule has 2 atom stereocenters. The lowest BCUT2D eigenvalue weighted by Gasteiger charge is -2.28. The van der Waals surface area contributed by atoms with E-state index in [1.807, 2.05) is 82.6 Å². The van der Waals surface area contributed by atoms with E-state index >= 15 is 0 Å². The van der Waals surface area contributed by atoms with Gasteiger partial charge in [0.2, 0.25) is 0 Å². The number of rotatable bonds is 8. The zero-order valence-corrected chi connectivity index (χ0v) is 18.0. The van der Waals surface area contributed by atoms with Crippen LogP contribution in [0.3, 0.4) is 0 Å². The number of benzene rings is 3. The summed E-state index contributed by atoms with van der Waals surface area (Å²) in [5, 5.41) is 0. The molecule has 160 valence electrons. The zero-order valence-electron chi connectivity index (χ0n) is 18.0. The van der Waals surface area contributed by atoms with Crippen LogP contribution in [0.5, 0.6) is 5.75 Å². The summed E-state index contributed by atoms with van der Waals surface area (Å²) in [6.45, 7) is 3.16. The molecule has 0 radical (unpaired) electrons. The maximum Gasteiger partial charge on any atom is 0.327 e. The first-order chi connectivity index (χ1) is 15.2. The van der Waals surface area contributed by atoms with Gasteiger partial charge in [-0.2, -0.15) is 0 Å². The van der Waals surface area contributed by atoms with Crippen LogP contribution in [0.1, 0.15) is 30.5 Å². The van der Waals surface area contributed by atoms with Gasteiger partial charge in [-0.15, -0.1) is 0 Å². The highest BCUT2D eigenvalue weighted by atomic mass is 16.5. The summed E-state index contributed by atoms with van der Waals surface area (Å²) in [6.07, 6.45) is 0.491. The molecule has 1 aliphatic heterocycles. The molecule has 31 heavy (non-hydrogen) atoms. The van der Waals surface area contributed by atoms with Gasteiger partial charge >= 0.3 is 6.03 Å². The highest BCUT2D eigenvalue weighted by Crippen LogP contribution is 2.40. The largest absolute Gasteiger partial charge is 0.497 e. The van der Waals surface area contributed by atoms with Gasteiger partial charge in [-0.3, -0.25) is 9.80 Å². The van der Waals surface area contributed by atoms with E-state index in [0.717, 1.165) is 29.0 Å². The van der Waals surface area contributed by atoms with E-state index in [0.29, 0.717) is 13.2 Å². The molecule has 0 N–H and O–H groups in total. The molecule has 0 bridgehead atoms. The van der Waals surface area contributed by atoms with E-state index in [-0.39, 0.29) is 12.1 Å². The van der Waals surface area contributed by atoms with Crippen molar-refractivity contribution in [2.24, 2.45) is 0 Å². The van der Waals surface area contributed by atoms with Crippen molar-refractivity contribution in [3.05, 3.63) is 96.1 Å². The van der Waals surface area contributed by atoms with E-state index in [9.17, 15) is 4.79 Å². The molecule has 3 aromatic rings. The molecule has 1 aliphatic rings. The molecule has 5 heteroatoms. The maximum absolute atomic E-state index is 13.8. The van der Waals surface area contributed by atoms with Crippen molar-refractivity contribution in [1.82, 2.24) is 4.90 Å². The van der Waals surface area contributed by atoms with Crippen LogP contribution in [0.4, 0.5) is 10.5 Å². The number of hydrogen-bond donors (Lipinski definition) is 0. The van der Waals surface area contributed by atoms with E-state index in [4.69, 9.17) is 9.47 Å². The van der Waals surface area contributed by atoms with Gasteiger partial charge in [0.25, 0.3) is 0 Å². The summed E-state index contributed by atoms with van der Waals surface area (Å²) in [7, 11) is 1.64. The van der Waals surface area contributed by atoms with Crippen molar-refractivity contribution in [2.75, 3.05) is 18.6 Å². The van der Waals surface area contributed by atoms with Crippen molar-refractivity contribution in [3.8, 4) is 5.75 Å². The predicted octanol–water partition coefficient (Wildman–Crippen LogP) is 5.63. The van der Waals surface area contributed by atoms with Gasteiger partial charge in [-0.25, -0.2) is 4.79 Å². The fraction of sp³-hybridized carbons (Fsp3) is 0.269. The lowest BCUT2D eigenvalue weighted by atomic mass is 10.0. The summed E-state index contributed by atoms with van der Waals surface area (Å²) in [5.74, 6) is 0.756. The second-order valence-electron chi connectivity index (χ2n) is 7.58. The third-order valence-corrected chi connectivity index (χ3v) is 5.49. The van der Waals surface area contributed by atoms with Gasteiger partial charge in [0, 0.05) is 12.3 Å². The van der Waals surface area contributed by atoms with Crippen LogP contribution in [-0.4, -0.2) is 30.9 Å². The Labute approximate surface area is 183 Å². The summed E-state index contributed by atoms with van der Waals surface area (Å²) in [6, 6.07) is 27.5. The average Bonchev–Trinajstić information content (AvgIpc) is 3.10. The SMILES string of the molecule is CCCO[C@@H]1[C@@H](c2ccccc2)N(c2ccc(OC)cc2)C(=O)N1Cc1ccccc1. The minimum atomic E-state index is -0.392. The highest BCUT2D eigenvalue weighted by molar-refractivity contribution is 5.95. The predicted molar refractivity (Wildman–Crippen MR) is 122 cm³/mol. The van der Waals surface area contributed by atoms with Crippen LogP contribution in [0, 0.1) is 0 Å². The van der Waals surface area contributed by atoms with Gasteiger partial charge in [0.15, 0.2) is 6.23 Å². The first-order valence-corrected chi connectivity index (χ1v) is 10.7. The number of ether oxygens (including phenoxy) is 2. The van der Waals surface area contributed by atoms with E-state index in [1.54, 1.807) is 7.11 Å². The summed E-state index contributed by atoms with van der Waals surface area (Å²) in [5.41, 5.74) is 2.94. The highest BCUT2D eigenvalue weighted by Gasteiger charge is 2.48. The van der Waals surface area contributed by atoms with E-state index in [1.165, 1.54) is 0 Å². The molecule has 2 amide bonds. The Balaban J connectivity index is 1.77. The number of amides is 2. The number of carbonyl (C=O) groups excluding carboxylic acids is 1. The smallest absolute Gasteiger partial charge is 0.327 e. The van der Waals surface area contributed by atoms with Crippen LogP contribution in [-0.2, 0) is 11.3 Å². The average molecular weight is 417 g/mol. The van der Waals surface area contributed by atoms with Gasteiger partial charge < -0.3 is 9.47 Å². The van der Waals surface area contributed by atoms with Crippen LogP contribution in [0.2, 0.25) is 0 Å². The molecule has 0 saturated carbocycles. The fourth-order valence-electron chi connectivity index (χ4n) is 4.00. The molecule has 0 aliphatic carbocycles. The molecule has 5 nitrogen and oxygen atoms in total. The number of methoxy groups -OCH3 is 1. The second-order valence-corrected chi connectivity index (χ2v) is 7.58. The van der Waals surface area contributed by atoms with Gasteiger partial charge in [-0.05, 0) is 41.8 Å². The summed E-state index contributed by atoms with van der Waals surface area (Å²) in [4.78, 5) is 17.4. The lowest BCUT2D eigenvalue weighted by Crippen LogP contribution is -2.36. The molecule has 0 unspecified atom stereocenters. The summed E-state index contributed by atoms with van der Waals surface area (Å²) >= 11 is 0. The first-order valence-electron chi connectivity index (χ1n) is 10.7. The number of carbonyl (C=O) groups is 1. The minimum Gasteiger partial charge on any atom is -0.497 e. The molecular weight excluding hydrogens is 388 g/mol. The van der Waals surface area contributed by atoms with Gasteiger partial charge in [0.1, 0.15) is 11.8 Å². The Bertz CT molecular complexity index is 977. The maximum atomic E-state index is 13.8. The molecule has 1 saturated heterocycles. The van der Waals surface area contributed by atoms with Crippen LogP contribution >= 0.6 is 0 Å². The minimum absolute atomic E-state index is 0.0658. The van der Waals surface area contributed by atoms with Crippen molar-refractivity contribution in [3.63, 3.8) is 0 Å². The van der Waals surface area contributed by atoms with Crippen molar-refractivity contribution < 1.29 is 14.3 Å². The molecular formula is C26H28N2O3. The summed E-state index contributed by atoms with van der Waals surface area (Å²) < 4.78 is 11.6. The topological polar surface area (TPSA) is 42.0 Å². The Morgan fingerprint density at radius 3 is 2.13 bits per heavy atom. The Kier molecular flexibility index (Phi) is 6.53. The van der Waals surface area contributed by atoms with Gasteiger partial charge in [0.05, 0.1) is 13.7 Å². The van der Waals surface area contributed by atoms with Crippen LogP contribution < -0.4 is 9.64 Å². The molecule has 1 heterocycles. The molecule has 0 spiro atoms. The van der Waals surface area contributed by atoms with E-state index < -0.39 is 6.23 Å². The normalized spacial score (nSPS) is 18.5. The van der Waals surface area contributed by atoms with E-state index in [2.05, 4.69) is 19.1 Å². The van der Waals surface area contributed by atoms with Crippen LogP contribution in [0.15, 0.2) is 84.9 Å². The zero-order chi connectivity index (χ0) is 21.6. The lowest BCUT2D eigenvalue weighted by molar-refractivity contribution is -0.0352. The first kappa shape index (κ1) is 20.9. The molecule has 3 aromatic carbocycles. The standard InChI is InChI=1S/C26H28N2O3/c1-3-18-31-25-24(21-12-8-5-9-13-21)28(22-14-16-23(30-2)17-15-22)26(29)27(25)19-20-10-6-4-7-11-20/h4-17,24-25H,3,18-19H2,1-2H3/t24-,25-/m1/s1. The Morgan fingerprint density at radius 2 is 1.52 bits per heavy atom.